The number of rotatable bonds is 3. The van der Waals surface area contributed by atoms with Crippen LogP contribution in [0.1, 0.15) is 18.9 Å². The second-order valence-corrected chi connectivity index (χ2v) is 5.75. The van der Waals surface area contributed by atoms with E-state index < -0.39 is 0 Å². The first-order chi connectivity index (χ1) is 11.4. The van der Waals surface area contributed by atoms with Crippen LogP contribution in [0, 0.1) is 0 Å². The second kappa shape index (κ2) is 4.70. The van der Waals surface area contributed by atoms with Crippen molar-refractivity contribution in [1.29, 1.82) is 0 Å². The van der Waals surface area contributed by atoms with Gasteiger partial charge in [0.25, 0.3) is 0 Å². The number of nitrogens with zero attached hydrogens (tertiary/aromatic N) is 6. The summed E-state index contributed by atoms with van der Waals surface area (Å²) < 4.78 is 2.36. The van der Waals surface area contributed by atoms with Crippen molar-refractivity contribution in [2.24, 2.45) is 0 Å². The molecule has 0 spiro atoms. The Morgan fingerprint density at radius 1 is 1.04 bits per heavy atom. The Morgan fingerprint density at radius 3 is 2.78 bits per heavy atom. The van der Waals surface area contributed by atoms with Crippen molar-refractivity contribution in [3.8, 4) is 22.8 Å². The number of aromatic nitrogens is 7. The van der Waals surface area contributed by atoms with Gasteiger partial charge >= 0.3 is 0 Å². The average molecular weight is 303 g/mol. The van der Waals surface area contributed by atoms with Crippen LogP contribution < -0.4 is 0 Å². The highest BCUT2D eigenvalue weighted by molar-refractivity contribution is 5.85. The summed E-state index contributed by atoms with van der Waals surface area (Å²) in [5.41, 5.74) is 3.84. The maximum atomic E-state index is 4.38. The van der Waals surface area contributed by atoms with Crippen LogP contribution in [0.25, 0.3) is 33.7 Å². The molecule has 1 aliphatic rings. The number of hydrogen-bond acceptors (Lipinski definition) is 5. The minimum absolute atomic E-state index is 0.467. The highest BCUT2D eigenvalue weighted by atomic mass is 15.5. The molecule has 7 heteroatoms. The molecule has 1 aromatic carbocycles. The Bertz CT molecular complexity index is 983. The monoisotopic (exact) mass is 303 g/mol. The van der Waals surface area contributed by atoms with Gasteiger partial charge in [0.15, 0.2) is 0 Å². The van der Waals surface area contributed by atoms with Gasteiger partial charge in [-0.05, 0) is 42.3 Å². The third-order valence-corrected chi connectivity index (χ3v) is 4.20. The molecule has 1 N–H and O–H groups in total. The van der Waals surface area contributed by atoms with Crippen LogP contribution in [-0.4, -0.2) is 35.2 Å². The second-order valence-electron chi connectivity index (χ2n) is 5.75. The molecule has 0 bridgehead atoms. The van der Waals surface area contributed by atoms with Crippen LogP contribution in [0.4, 0.5) is 0 Å². The van der Waals surface area contributed by atoms with Crippen molar-refractivity contribution in [2.45, 2.75) is 18.9 Å². The lowest BCUT2D eigenvalue weighted by atomic mass is 10.1. The van der Waals surface area contributed by atoms with Crippen LogP contribution in [0.3, 0.4) is 0 Å². The zero-order valence-electron chi connectivity index (χ0n) is 12.2. The number of benzene rings is 1. The van der Waals surface area contributed by atoms with Crippen LogP contribution in [0.5, 0.6) is 0 Å². The van der Waals surface area contributed by atoms with E-state index in [0.29, 0.717) is 17.6 Å². The molecule has 5 rings (SSSR count). The van der Waals surface area contributed by atoms with Gasteiger partial charge in [0, 0.05) is 28.7 Å². The number of H-pyrrole nitrogens is 1. The molecule has 0 saturated heterocycles. The first-order valence-electron chi connectivity index (χ1n) is 7.55. The van der Waals surface area contributed by atoms with Gasteiger partial charge in [0.05, 0.1) is 5.69 Å². The quantitative estimate of drug-likeness (QED) is 0.629. The van der Waals surface area contributed by atoms with Gasteiger partial charge in [-0.25, -0.2) is 9.97 Å². The van der Waals surface area contributed by atoms with Gasteiger partial charge in [0.2, 0.25) is 5.82 Å². The molecule has 0 amide bonds. The molecular formula is C16H13N7. The highest BCUT2D eigenvalue weighted by Gasteiger charge is 2.24. The van der Waals surface area contributed by atoms with Gasteiger partial charge in [-0.1, -0.05) is 6.07 Å². The Hall–Kier alpha value is -3.09. The highest BCUT2D eigenvalue weighted by Crippen LogP contribution is 2.38. The average Bonchev–Trinajstić information content (AvgIpc) is 3.14. The van der Waals surface area contributed by atoms with Crippen LogP contribution in [0.2, 0.25) is 0 Å². The summed E-state index contributed by atoms with van der Waals surface area (Å²) in [5.74, 6) is 0.467. The van der Waals surface area contributed by atoms with Gasteiger partial charge in [-0.15, -0.1) is 10.2 Å². The molecule has 1 aliphatic carbocycles. The smallest absolute Gasteiger partial charge is 0.223 e. The zero-order valence-corrected chi connectivity index (χ0v) is 12.2. The van der Waals surface area contributed by atoms with Crippen LogP contribution >= 0.6 is 0 Å². The Balaban J connectivity index is 1.59. The third-order valence-electron chi connectivity index (χ3n) is 4.20. The largest absolute Gasteiger partial charge is 0.344 e. The zero-order chi connectivity index (χ0) is 15.2. The van der Waals surface area contributed by atoms with Crippen molar-refractivity contribution in [3.63, 3.8) is 0 Å². The van der Waals surface area contributed by atoms with E-state index in [1.165, 1.54) is 30.1 Å². The molecule has 0 radical (unpaired) electrons. The molecule has 1 fully saturated rings. The molecule has 3 aromatic heterocycles. The first kappa shape index (κ1) is 12.5. The van der Waals surface area contributed by atoms with E-state index >= 15 is 0 Å². The van der Waals surface area contributed by atoms with E-state index in [-0.39, 0.29) is 0 Å². The molecule has 7 nitrogen and oxygen atoms in total. The maximum absolute atomic E-state index is 4.38. The van der Waals surface area contributed by atoms with Crippen molar-refractivity contribution in [2.75, 3.05) is 0 Å². The van der Waals surface area contributed by atoms with Gasteiger partial charge in [0.1, 0.15) is 12.0 Å². The van der Waals surface area contributed by atoms with Crippen molar-refractivity contribution >= 4 is 10.9 Å². The summed E-state index contributed by atoms with van der Waals surface area (Å²) in [7, 11) is 0. The van der Waals surface area contributed by atoms with E-state index in [1.807, 2.05) is 6.07 Å². The fourth-order valence-corrected chi connectivity index (χ4v) is 2.90. The van der Waals surface area contributed by atoms with Crippen molar-refractivity contribution < 1.29 is 0 Å². The van der Waals surface area contributed by atoms with E-state index in [9.17, 15) is 0 Å². The summed E-state index contributed by atoms with van der Waals surface area (Å²) >= 11 is 0. The fourth-order valence-electron chi connectivity index (χ4n) is 2.90. The Kier molecular flexibility index (Phi) is 2.55. The normalized spacial score (nSPS) is 14.4. The summed E-state index contributed by atoms with van der Waals surface area (Å²) in [6, 6.07) is 11.2. The Morgan fingerprint density at radius 2 is 1.96 bits per heavy atom. The lowest BCUT2D eigenvalue weighted by Crippen LogP contribution is -1.92. The van der Waals surface area contributed by atoms with Gasteiger partial charge in [-0.3, -0.25) is 0 Å². The molecule has 0 aliphatic heterocycles. The van der Waals surface area contributed by atoms with Crippen molar-refractivity contribution in [1.82, 2.24) is 35.2 Å². The summed E-state index contributed by atoms with van der Waals surface area (Å²) in [6.45, 7) is 0. The topological polar surface area (TPSA) is 85.2 Å². The van der Waals surface area contributed by atoms with Gasteiger partial charge < -0.3 is 4.57 Å². The Labute approximate surface area is 131 Å². The molecule has 0 atom stereocenters. The molecule has 112 valence electrons. The molecule has 23 heavy (non-hydrogen) atoms. The molecule has 3 heterocycles. The standard InChI is InChI=1S/C16H13N7/c1-4-15-11(5-6-23(15)12-2-3-12)7-10(1)13-8-14(18-9-17-13)16-19-21-22-20-16/h1,4-9,12H,2-3H2,(H,19,20,21,22). The van der Waals surface area contributed by atoms with E-state index in [0.717, 1.165) is 11.3 Å². The lowest BCUT2D eigenvalue weighted by Gasteiger charge is -2.05. The minimum Gasteiger partial charge on any atom is -0.344 e. The molecular weight excluding hydrogens is 290 g/mol. The van der Waals surface area contributed by atoms with E-state index in [1.54, 1.807) is 0 Å². The SMILES string of the molecule is c1nc(-c2ccc3c(ccn3C3CC3)c2)cc(-c2nn[nH]n2)n1. The molecule has 0 unspecified atom stereocenters. The predicted molar refractivity (Wildman–Crippen MR) is 84.4 cm³/mol. The molecule has 4 aromatic rings. The third kappa shape index (κ3) is 2.09. The minimum atomic E-state index is 0.467. The number of tetrazole rings is 1. The van der Waals surface area contributed by atoms with Crippen LogP contribution in [0.15, 0.2) is 42.9 Å². The number of nitrogens with one attached hydrogen (secondary N) is 1. The van der Waals surface area contributed by atoms with Gasteiger partial charge in [-0.2, -0.15) is 5.21 Å². The van der Waals surface area contributed by atoms with E-state index in [4.69, 9.17) is 0 Å². The number of fused-ring (bicyclic) bond motifs is 1. The summed E-state index contributed by atoms with van der Waals surface area (Å²) in [4.78, 5) is 8.58. The molecule has 1 saturated carbocycles. The maximum Gasteiger partial charge on any atom is 0.223 e. The summed E-state index contributed by atoms with van der Waals surface area (Å²) in [6.07, 6.45) is 6.27. The summed E-state index contributed by atoms with van der Waals surface area (Å²) in [5, 5.41) is 15.2. The number of aromatic amines is 1. The lowest BCUT2D eigenvalue weighted by molar-refractivity contribution is 0.776. The fraction of sp³-hybridized carbons (Fsp3) is 0.188. The predicted octanol–water partition coefficient (Wildman–Crippen LogP) is 2.61. The first-order valence-corrected chi connectivity index (χ1v) is 7.55. The van der Waals surface area contributed by atoms with Crippen molar-refractivity contribution in [3.05, 3.63) is 42.9 Å². The van der Waals surface area contributed by atoms with Crippen LogP contribution in [-0.2, 0) is 0 Å². The van der Waals surface area contributed by atoms with E-state index in [2.05, 4.69) is 65.6 Å². The number of hydrogen-bond donors (Lipinski definition) is 1.